The summed E-state index contributed by atoms with van der Waals surface area (Å²) in [4.78, 5) is 29.1. The van der Waals surface area contributed by atoms with Crippen LogP contribution >= 0.6 is 7.60 Å². The van der Waals surface area contributed by atoms with Gasteiger partial charge < -0.3 is 24.8 Å². The number of imidazole rings is 1. The minimum absolute atomic E-state index is 0.297. The molecule has 0 aromatic carbocycles. The van der Waals surface area contributed by atoms with E-state index in [4.69, 9.17) is 20.3 Å². The number of hydrogen-bond donors (Lipinski definition) is 3. The van der Waals surface area contributed by atoms with Gasteiger partial charge in [-0.25, -0.2) is 15.0 Å². The number of nitrogens with two attached hydrogens (primary N) is 1. The molecule has 0 aliphatic rings. The van der Waals surface area contributed by atoms with E-state index in [1.165, 1.54) is 12.6 Å². The van der Waals surface area contributed by atoms with E-state index in [1.54, 1.807) is 17.0 Å². The maximum Gasteiger partial charge on any atom is 0.362 e. The zero-order valence-electron chi connectivity index (χ0n) is 9.75. The van der Waals surface area contributed by atoms with E-state index < -0.39 is 13.9 Å². The van der Waals surface area contributed by atoms with Gasteiger partial charge in [0.25, 0.3) is 0 Å². The maximum absolute atomic E-state index is 10.5. The second-order valence-corrected chi connectivity index (χ2v) is 5.25. The van der Waals surface area contributed by atoms with Crippen LogP contribution in [0.15, 0.2) is 25.0 Å². The first-order valence-electron chi connectivity index (χ1n) is 5.20. The van der Waals surface area contributed by atoms with Crippen LogP contribution in [0.1, 0.15) is 0 Å². The third-order valence-corrected chi connectivity index (χ3v) is 2.65. The van der Waals surface area contributed by atoms with Crippen LogP contribution in [-0.2, 0) is 15.8 Å². The fourth-order valence-electron chi connectivity index (χ4n) is 1.40. The van der Waals surface area contributed by atoms with Crippen LogP contribution in [0.2, 0.25) is 0 Å². The predicted molar refractivity (Wildman–Crippen MR) is 66.9 cm³/mol. The molecule has 0 aliphatic heterocycles. The van der Waals surface area contributed by atoms with Crippen molar-refractivity contribution in [1.29, 1.82) is 0 Å². The van der Waals surface area contributed by atoms with Gasteiger partial charge in [0.05, 0.1) is 12.6 Å². The summed E-state index contributed by atoms with van der Waals surface area (Å²) in [5, 5.41) is 0. The van der Waals surface area contributed by atoms with Crippen LogP contribution in [0.5, 0.6) is 0 Å². The maximum atomic E-state index is 10.5. The number of ether oxygens (including phenoxy) is 1. The minimum Gasteiger partial charge on any atom is -0.489 e. The molecule has 9 nitrogen and oxygen atoms in total. The zero-order valence-corrected chi connectivity index (χ0v) is 10.6. The first kappa shape index (κ1) is 13.5. The minimum atomic E-state index is -4.14. The van der Waals surface area contributed by atoms with Crippen molar-refractivity contribution in [3.05, 3.63) is 25.0 Å². The van der Waals surface area contributed by atoms with E-state index in [-0.39, 0.29) is 0 Å². The van der Waals surface area contributed by atoms with E-state index in [9.17, 15) is 4.57 Å². The molecule has 0 aliphatic carbocycles. The lowest BCUT2D eigenvalue weighted by Gasteiger charge is -2.02. The Labute approximate surface area is 107 Å². The van der Waals surface area contributed by atoms with Crippen molar-refractivity contribution >= 4 is 24.6 Å². The van der Waals surface area contributed by atoms with Gasteiger partial charge in [-0.1, -0.05) is 0 Å². The lowest BCUT2D eigenvalue weighted by Crippen LogP contribution is -1.98. The number of anilines is 1. The number of allylic oxidation sites excluding steroid dienone is 1. The van der Waals surface area contributed by atoms with Gasteiger partial charge in [0.15, 0.2) is 17.8 Å². The fourth-order valence-corrected chi connectivity index (χ4v) is 1.68. The fraction of sp³-hybridized carbons (Fsp3) is 0.222. The molecular formula is C9H12N5O4P. The molecule has 0 bridgehead atoms. The number of aromatic nitrogens is 4. The van der Waals surface area contributed by atoms with E-state index >= 15 is 0 Å². The molecule has 0 saturated carbocycles. The summed E-state index contributed by atoms with van der Waals surface area (Å²) in [5.74, 6) is 0.297. The summed E-state index contributed by atoms with van der Waals surface area (Å²) in [7, 11) is -4.14. The molecule has 102 valence electrons. The largest absolute Gasteiger partial charge is 0.489 e. The zero-order chi connectivity index (χ0) is 13.9. The number of hydrogen-bond acceptors (Lipinski definition) is 6. The SMILES string of the molecule is Nc1ncnc2c1ncn2CC=COCP(=O)(O)O. The summed E-state index contributed by atoms with van der Waals surface area (Å²) >= 11 is 0. The average Bonchev–Trinajstić information content (AvgIpc) is 2.72. The quantitative estimate of drug-likeness (QED) is 0.518. The van der Waals surface area contributed by atoms with Crippen LogP contribution in [0, 0.1) is 0 Å². The van der Waals surface area contributed by atoms with Gasteiger partial charge in [-0.05, 0) is 6.08 Å². The van der Waals surface area contributed by atoms with Crippen LogP contribution in [0.3, 0.4) is 0 Å². The molecule has 4 N–H and O–H groups in total. The van der Waals surface area contributed by atoms with Crippen molar-refractivity contribution in [1.82, 2.24) is 19.5 Å². The monoisotopic (exact) mass is 285 g/mol. The van der Waals surface area contributed by atoms with Gasteiger partial charge >= 0.3 is 7.60 Å². The van der Waals surface area contributed by atoms with Crippen molar-refractivity contribution in [2.45, 2.75) is 6.54 Å². The molecule has 0 saturated heterocycles. The van der Waals surface area contributed by atoms with Crippen molar-refractivity contribution in [2.75, 3.05) is 12.1 Å². The molecule has 19 heavy (non-hydrogen) atoms. The summed E-state index contributed by atoms with van der Waals surface area (Å²) < 4.78 is 16.9. The second kappa shape index (κ2) is 5.35. The van der Waals surface area contributed by atoms with Gasteiger partial charge in [0.1, 0.15) is 11.8 Å². The van der Waals surface area contributed by atoms with E-state index in [2.05, 4.69) is 15.0 Å². The lowest BCUT2D eigenvalue weighted by molar-refractivity contribution is 0.257. The van der Waals surface area contributed by atoms with Gasteiger partial charge in [-0.2, -0.15) is 0 Å². The Kier molecular flexibility index (Phi) is 3.79. The van der Waals surface area contributed by atoms with Crippen molar-refractivity contribution in [3.63, 3.8) is 0 Å². The third-order valence-electron chi connectivity index (χ3n) is 2.17. The van der Waals surface area contributed by atoms with Gasteiger partial charge in [0, 0.05) is 6.54 Å². The number of nitrogens with zero attached hydrogens (tertiary/aromatic N) is 4. The normalized spacial score (nSPS) is 12.3. The van der Waals surface area contributed by atoms with Crippen LogP contribution in [-0.4, -0.2) is 35.7 Å². The average molecular weight is 285 g/mol. The summed E-state index contributed by atoms with van der Waals surface area (Å²) in [6, 6.07) is 0. The van der Waals surface area contributed by atoms with Gasteiger partial charge in [-0.15, -0.1) is 0 Å². The molecule has 0 fully saturated rings. The molecule has 2 heterocycles. The highest BCUT2D eigenvalue weighted by molar-refractivity contribution is 7.51. The molecule has 0 amide bonds. The Bertz CT molecular complexity index is 649. The Hall–Kier alpha value is -1.96. The van der Waals surface area contributed by atoms with Crippen molar-refractivity contribution in [3.8, 4) is 0 Å². The molecule has 2 aromatic rings. The Morgan fingerprint density at radius 3 is 2.95 bits per heavy atom. The highest BCUT2D eigenvalue weighted by atomic mass is 31.2. The van der Waals surface area contributed by atoms with Crippen molar-refractivity contribution in [2.24, 2.45) is 0 Å². The highest BCUT2D eigenvalue weighted by Gasteiger charge is 2.11. The first-order valence-corrected chi connectivity index (χ1v) is 6.99. The second-order valence-electron chi connectivity index (χ2n) is 3.66. The topological polar surface area (TPSA) is 136 Å². The van der Waals surface area contributed by atoms with Gasteiger partial charge in [-0.3, -0.25) is 4.57 Å². The molecular weight excluding hydrogens is 273 g/mol. The van der Waals surface area contributed by atoms with E-state index in [1.807, 2.05) is 0 Å². The molecule has 2 rings (SSSR count). The lowest BCUT2D eigenvalue weighted by atomic mass is 10.5. The van der Waals surface area contributed by atoms with Crippen LogP contribution in [0.4, 0.5) is 5.82 Å². The Morgan fingerprint density at radius 1 is 1.42 bits per heavy atom. The molecule has 0 unspecified atom stereocenters. The first-order chi connectivity index (χ1) is 8.97. The van der Waals surface area contributed by atoms with Crippen molar-refractivity contribution < 1.29 is 19.1 Å². The summed E-state index contributed by atoms with van der Waals surface area (Å²) in [5.41, 5.74) is 6.72. The van der Waals surface area contributed by atoms with Gasteiger partial charge in [0.2, 0.25) is 0 Å². The van der Waals surface area contributed by atoms with Crippen LogP contribution < -0.4 is 5.73 Å². The van der Waals surface area contributed by atoms with Crippen LogP contribution in [0.25, 0.3) is 11.2 Å². The smallest absolute Gasteiger partial charge is 0.362 e. The van der Waals surface area contributed by atoms with E-state index in [0.717, 1.165) is 0 Å². The number of nitrogen functional groups attached to an aromatic ring is 1. The van der Waals surface area contributed by atoms with E-state index in [0.29, 0.717) is 23.5 Å². The summed E-state index contributed by atoms with van der Waals surface area (Å²) in [6.07, 6.45) is 5.03. The highest BCUT2D eigenvalue weighted by Crippen LogP contribution is 2.33. The third kappa shape index (κ3) is 3.50. The predicted octanol–water partition coefficient (Wildman–Crippen LogP) is 0.0740. The number of fused-ring (bicyclic) bond motifs is 1. The summed E-state index contributed by atoms with van der Waals surface area (Å²) in [6.45, 7) is 0.383. The molecule has 0 radical (unpaired) electrons. The Morgan fingerprint density at radius 2 is 2.21 bits per heavy atom. The molecule has 0 atom stereocenters. The molecule has 0 spiro atoms. The molecule has 2 aromatic heterocycles. The molecule has 10 heteroatoms. The standard InChI is InChI=1S/C9H12N5O4P/c10-8-7-9(12-4-11-8)14(5-13-7)2-1-3-18-6-19(15,16)17/h1,3-5H,2,6H2,(H2,10,11,12)(H2,15,16,17). The Balaban J connectivity index is 2.01. The number of rotatable bonds is 5.